The highest BCUT2D eigenvalue weighted by molar-refractivity contribution is 7.99. The Morgan fingerprint density at radius 1 is 1.22 bits per heavy atom. The molecule has 124 valence electrons. The Hall–Kier alpha value is -1.47. The van der Waals surface area contributed by atoms with Gasteiger partial charge in [0.05, 0.1) is 17.6 Å². The second-order valence-corrected chi connectivity index (χ2v) is 7.38. The number of carbonyl (C=O) groups is 1. The molecule has 0 bridgehead atoms. The van der Waals surface area contributed by atoms with Crippen molar-refractivity contribution in [1.82, 2.24) is 14.8 Å². The number of carbonyl (C=O) groups excluding carboxylic acids is 1. The number of aryl methyl sites for hydroxylation is 1. The number of ether oxygens (including phenoxy) is 1. The molecule has 0 saturated carbocycles. The monoisotopic (exact) mass is 351 g/mol. The van der Waals surface area contributed by atoms with E-state index in [1.54, 1.807) is 11.8 Å². The Morgan fingerprint density at radius 2 is 1.91 bits per heavy atom. The Balaban J connectivity index is 1.88. The molecule has 5 nitrogen and oxygen atoms in total. The molecule has 0 aliphatic rings. The molecule has 1 aromatic carbocycles. The number of thioether (sulfide) groups is 2. The molecule has 1 aromatic heterocycles. The zero-order valence-electron chi connectivity index (χ0n) is 13.8. The molecule has 0 radical (unpaired) electrons. The van der Waals surface area contributed by atoms with E-state index in [1.165, 1.54) is 22.2 Å². The summed E-state index contributed by atoms with van der Waals surface area (Å²) in [7, 11) is 1.92. The van der Waals surface area contributed by atoms with Crippen LogP contribution in [0.1, 0.15) is 25.2 Å². The fourth-order valence-electron chi connectivity index (χ4n) is 1.80. The highest BCUT2D eigenvalue weighted by Gasteiger charge is 2.13. The number of hydrogen-bond donors (Lipinski definition) is 0. The molecule has 0 aliphatic carbocycles. The summed E-state index contributed by atoms with van der Waals surface area (Å²) in [6.45, 7) is 5.75. The van der Waals surface area contributed by atoms with Gasteiger partial charge in [0.2, 0.25) is 0 Å². The molecular formula is C16H21N3O2S2. The van der Waals surface area contributed by atoms with Crippen LogP contribution in [0.3, 0.4) is 0 Å². The average Bonchev–Trinajstić information content (AvgIpc) is 2.84. The maximum Gasteiger partial charge on any atom is 0.316 e. The van der Waals surface area contributed by atoms with Gasteiger partial charge < -0.3 is 9.30 Å². The van der Waals surface area contributed by atoms with E-state index in [-0.39, 0.29) is 17.8 Å². The van der Waals surface area contributed by atoms with Crippen molar-refractivity contribution in [3.05, 3.63) is 35.7 Å². The van der Waals surface area contributed by atoms with Crippen molar-refractivity contribution in [2.24, 2.45) is 7.05 Å². The van der Waals surface area contributed by atoms with Gasteiger partial charge in [-0.2, -0.15) is 0 Å². The van der Waals surface area contributed by atoms with Gasteiger partial charge in [0.25, 0.3) is 0 Å². The lowest BCUT2D eigenvalue weighted by atomic mass is 10.2. The molecule has 0 spiro atoms. The van der Waals surface area contributed by atoms with Crippen LogP contribution in [0.5, 0.6) is 0 Å². The predicted octanol–water partition coefficient (Wildman–Crippen LogP) is 3.46. The summed E-state index contributed by atoms with van der Waals surface area (Å²) in [4.78, 5) is 12.8. The number of hydrogen-bond acceptors (Lipinski definition) is 6. The van der Waals surface area contributed by atoms with E-state index in [0.29, 0.717) is 0 Å². The van der Waals surface area contributed by atoms with Gasteiger partial charge in [0.15, 0.2) is 5.16 Å². The van der Waals surface area contributed by atoms with Gasteiger partial charge in [0, 0.05) is 11.9 Å². The van der Waals surface area contributed by atoms with Crippen molar-refractivity contribution in [2.45, 2.75) is 42.7 Å². The van der Waals surface area contributed by atoms with Crippen LogP contribution in [-0.4, -0.2) is 32.6 Å². The van der Waals surface area contributed by atoms with Gasteiger partial charge >= 0.3 is 5.97 Å². The van der Waals surface area contributed by atoms with E-state index < -0.39 is 0 Å². The molecule has 7 heteroatoms. The van der Waals surface area contributed by atoms with E-state index in [1.807, 2.05) is 25.5 Å². The third-order valence-electron chi connectivity index (χ3n) is 3.00. The molecule has 0 aliphatic heterocycles. The van der Waals surface area contributed by atoms with Crippen LogP contribution < -0.4 is 0 Å². The van der Waals surface area contributed by atoms with E-state index >= 15 is 0 Å². The first-order valence-electron chi connectivity index (χ1n) is 7.35. The second kappa shape index (κ2) is 8.40. The Labute approximate surface area is 145 Å². The first-order valence-corrected chi connectivity index (χ1v) is 9.33. The minimum atomic E-state index is -0.233. The van der Waals surface area contributed by atoms with E-state index in [9.17, 15) is 4.79 Å². The molecule has 0 N–H and O–H groups in total. The summed E-state index contributed by atoms with van der Waals surface area (Å²) in [5, 5.41) is 9.08. The van der Waals surface area contributed by atoms with E-state index in [0.717, 1.165) is 16.7 Å². The van der Waals surface area contributed by atoms with Crippen LogP contribution in [0.4, 0.5) is 0 Å². The number of esters is 1. The van der Waals surface area contributed by atoms with Crippen molar-refractivity contribution in [3.8, 4) is 0 Å². The van der Waals surface area contributed by atoms with Crippen LogP contribution in [0.15, 0.2) is 34.3 Å². The Morgan fingerprint density at radius 3 is 2.57 bits per heavy atom. The topological polar surface area (TPSA) is 57.0 Å². The van der Waals surface area contributed by atoms with Crippen LogP contribution in [0, 0.1) is 6.92 Å². The van der Waals surface area contributed by atoms with Gasteiger partial charge in [-0.25, -0.2) is 0 Å². The second-order valence-electron chi connectivity index (χ2n) is 5.39. The SMILES string of the molecule is Cc1ccc(SCc2nnc(SCC(=O)OC(C)C)n2C)cc1. The van der Waals surface area contributed by atoms with Gasteiger partial charge in [-0.15, -0.1) is 22.0 Å². The van der Waals surface area contributed by atoms with Crippen LogP contribution >= 0.6 is 23.5 Å². The molecule has 0 saturated heterocycles. The molecule has 0 atom stereocenters. The van der Waals surface area contributed by atoms with Crippen molar-refractivity contribution in [1.29, 1.82) is 0 Å². The normalized spacial score (nSPS) is 11.0. The van der Waals surface area contributed by atoms with Crippen LogP contribution in [0.2, 0.25) is 0 Å². The van der Waals surface area contributed by atoms with Gasteiger partial charge in [-0.3, -0.25) is 4.79 Å². The standard InChI is InChI=1S/C16H21N3O2S2/c1-11(2)21-15(20)10-23-16-18-17-14(19(16)4)9-22-13-7-5-12(3)6-8-13/h5-8,11H,9-10H2,1-4H3. The molecule has 0 unspecified atom stereocenters. The zero-order valence-corrected chi connectivity index (χ0v) is 15.4. The van der Waals surface area contributed by atoms with Gasteiger partial charge in [-0.1, -0.05) is 29.5 Å². The number of benzene rings is 1. The molecular weight excluding hydrogens is 330 g/mol. The summed E-state index contributed by atoms with van der Waals surface area (Å²) in [6, 6.07) is 8.41. The number of aromatic nitrogens is 3. The van der Waals surface area contributed by atoms with E-state index in [2.05, 4.69) is 41.4 Å². The van der Waals surface area contributed by atoms with Gasteiger partial charge in [-0.05, 0) is 32.9 Å². The van der Waals surface area contributed by atoms with Crippen molar-refractivity contribution < 1.29 is 9.53 Å². The third kappa shape index (κ3) is 5.58. The highest BCUT2D eigenvalue weighted by Crippen LogP contribution is 2.24. The summed E-state index contributed by atoms with van der Waals surface area (Å²) in [6.07, 6.45) is -0.0935. The average molecular weight is 351 g/mol. The summed E-state index contributed by atoms with van der Waals surface area (Å²) in [5.41, 5.74) is 1.25. The van der Waals surface area contributed by atoms with E-state index in [4.69, 9.17) is 4.74 Å². The number of nitrogens with zero attached hydrogens (tertiary/aromatic N) is 3. The zero-order chi connectivity index (χ0) is 16.8. The fraction of sp³-hybridized carbons (Fsp3) is 0.438. The van der Waals surface area contributed by atoms with Crippen molar-refractivity contribution >= 4 is 29.5 Å². The largest absolute Gasteiger partial charge is 0.462 e. The van der Waals surface area contributed by atoms with Crippen molar-refractivity contribution in [2.75, 3.05) is 5.75 Å². The highest BCUT2D eigenvalue weighted by atomic mass is 32.2. The Bertz CT molecular complexity index is 654. The molecule has 2 aromatic rings. The maximum atomic E-state index is 11.6. The van der Waals surface area contributed by atoms with Crippen LogP contribution in [0.25, 0.3) is 0 Å². The lowest BCUT2D eigenvalue weighted by Gasteiger charge is -2.07. The molecule has 1 heterocycles. The Kier molecular flexibility index (Phi) is 6.53. The molecule has 23 heavy (non-hydrogen) atoms. The number of rotatable bonds is 7. The maximum absolute atomic E-state index is 11.6. The molecule has 0 amide bonds. The fourth-order valence-corrected chi connectivity index (χ4v) is 3.39. The van der Waals surface area contributed by atoms with Crippen LogP contribution in [-0.2, 0) is 22.3 Å². The smallest absolute Gasteiger partial charge is 0.316 e. The molecule has 2 rings (SSSR count). The minimum absolute atomic E-state index is 0.0935. The third-order valence-corrected chi connectivity index (χ3v) is 5.00. The predicted molar refractivity (Wildman–Crippen MR) is 93.7 cm³/mol. The first-order chi connectivity index (χ1) is 11.0. The van der Waals surface area contributed by atoms with Gasteiger partial charge in [0.1, 0.15) is 5.82 Å². The summed E-state index contributed by atoms with van der Waals surface area (Å²) >= 11 is 3.07. The molecule has 0 fully saturated rings. The minimum Gasteiger partial charge on any atom is -0.462 e. The first kappa shape index (κ1) is 17.9. The summed E-state index contributed by atoms with van der Waals surface area (Å²) < 4.78 is 7.04. The lowest BCUT2D eigenvalue weighted by molar-refractivity contribution is -0.144. The summed E-state index contributed by atoms with van der Waals surface area (Å²) in [5.74, 6) is 1.64. The quantitative estimate of drug-likeness (QED) is 0.562. The lowest BCUT2D eigenvalue weighted by Crippen LogP contribution is -2.13. The van der Waals surface area contributed by atoms with Crippen molar-refractivity contribution in [3.63, 3.8) is 0 Å².